The highest BCUT2D eigenvalue weighted by atomic mass is 16.5. The monoisotopic (exact) mass is 710 g/mol. The Morgan fingerprint density at radius 3 is 2.40 bits per heavy atom. The Morgan fingerprint density at radius 1 is 0.942 bits per heavy atom. The maximum atomic E-state index is 13.1. The van der Waals surface area contributed by atoms with Crippen LogP contribution in [0.5, 0.6) is 5.75 Å². The molecule has 0 aliphatic carbocycles. The predicted molar refractivity (Wildman–Crippen MR) is 204 cm³/mol. The highest BCUT2D eigenvalue weighted by Gasteiger charge is 2.22. The smallest absolute Gasteiger partial charge is 0.220 e. The zero-order chi connectivity index (χ0) is 36.5. The Morgan fingerprint density at radius 2 is 1.69 bits per heavy atom. The molecule has 2 fully saturated rings. The molecule has 2 aromatic carbocycles. The van der Waals surface area contributed by atoms with Crippen LogP contribution in [0.2, 0.25) is 0 Å². The minimum atomic E-state index is -0.179. The quantitative estimate of drug-likeness (QED) is 0.161. The van der Waals surface area contributed by atoms with E-state index in [0.717, 1.165) is 122 Å². The van der Waals surface area contributed by atoms with Crippen LogP contribution in [0.25, 0.3) is 22.2 Å². The van der Waals surface area contributed by atoms with Crippen molar-refractivity contribution in [2.75, 3.05) is 58.9 Å². The molecule has 0 bridgehead atoms. The number of pyridine rings is 1. The van der Waals surface area contributed by atoms with Crippen molar-refractivity contribution < 1.29 is 19.1 Å². The molecular formula is C40H54N8O4. The average molecular weight is 711 g/mol. The molecule has 12 nitrogen and oxygen atoms in total. The van der Waals surface area contributed by atoms with E-state index >= 15 is 0 Å². The topological polar surface area (TPSA) is 126 Å². The minimum Gasteiger partial charge on any atom is -0.496 e. The molecule has 4 heterocycles. The lowest BCUT2D eigenvalue weighted by Crippen LogP contribution is -2.43. The van der Waals surface area contributed by atoms with Crippen LogP contribution < -0.4 is 20.7 Å². The number of hydrogen-bond acceptors (Lipinski definition) is 9. The summed E-state index contributed by atoms with van der Waals surface area (Å²) in [5.74, 6) is 0.434. The molecule has 2 aromatic heterocycles. The second-order valence-corrected chi connectivity index (χ2v) is 13.9. The third-order valence-electron chi connectivity index (χ3n) is 10.2. The molecule has 278 valence electrons. The molecular weight excluding hydrogens is 656 g/mol. The van der Waals surface area contributed by atoms with Crippen LogP contribution in [-0.4, -0.2) is 96.0 Å². The number of amides is 2. The minimum absolute atomic E-state index is 0.0907. The lowest BCUT2D eigenvalue weighted by molar-refractivity contribution is -0.126. The summed E-state index contributed by atoms with van der Waals surface area (Å²) in [5.41, 5.74) is 8.02. The number of methoxy groups -OCH3 is 1. The third kappa shape index (κ3) is 9.28. The van der Waals surface area contributed by atoms with E-state index in [1.807, 2.05) is 23.0 Å². The largest absolute Gasteiger partial charge is 0.496 e. The molecule has 2 aliphatic heterocycles. The van der Waals surface area contributed by atoms with Gasteiger partial charge in [-0.2, -0.15) is 5.10 Å². The van der Waals surface area contributed by atoms with E-state index < -0.39 is 0 Å². The van der Waals surface area contributed by atoms with Crippen LogP contribution in [0, 0.1) is 0 Å². The van der Waals surface area contributed by atoms with Crippen molar-refractivity contribution in [2.24, 2.45) is 0 Å². The molecule has 0 spiro atoms. The zero-order valence-corrected chi connectivity index (χ0v) is 31.2. The number of anilines is 1. The van der Waals surface area contributed by atoms with Crippen LogP contribution in [0.1, 0.15) is 61.9 Å². The lowest BCUT2D eigenvalue weighted by Gasteiger charge is -2.32. The summed E-state index contributed by atoms with van der Waals surface area (Å²) >= 11 is 0. The molecule has 2 saturated heterocycles. The number of hydrogen-bond donors (Lipinski definition) is 3. The Balaban J connectivity index is 1.05. The van der Waals surface area contributed by atoms with Crippen LogP contribution in [0.15, 0.2) is 48.7 Å². The number of aryl methyl sites for hydroxylation is 2. The number of carbonyl (C=O) groups excluding carboxylic acids is 2. The van der Waals surface area contributed by atoms with Gasteiger partial charge < -0.3 is 30.3 Å². The SMILES string of the molecule is CCc1nc2c(cnn2CC)c(NC2CCOCC2)c1CNC(=O)CCC(=O)NCc1ccc(OC)c(-c2cccc(CN3CCN(C)CC3)c2)c1. The standard InChI is InChI=1S/C40H54N8O4/c1-5-35-33(39(44-31-14-20-52-21-15-31)34-26-43-48(6-2)40(34)45-35)25-42-38(50)13-12-37(49)41-24-28-10-11-36(51-4)32(23-28)30-9-7-8-29(22-30)27-47-18-16-46(3)17-19-47/h7-11,22-23,26,31H,5-6,12-21,24-25,27H2,1-4H3,(H,41,49)(H,42,50)(H,44,45). The van der Waals surface area contributed by atoms with E-state index in [0.29, 0.717) is 13.1 Å². The van der Waals surface area contributed by atoms with Crippen molar-refractivity contribution in [1.82, 2.24) is 35.2 Å². The van der Waals surface area contributed by atoms with Crippen LogP contribution in [-0.2, 0) is 46.9 Å². The Bertz CT molecular complexity index is 1830. The number of fused-ring (bicyclic) bond motifs is 1. The number of aromatic nitrogens is 3. The van der Waals surface area contributed by atoms with Gasteiger partial charge in [-0.3, -0.25) is 14.5 Å². The van der Waals surface area contributed by atoms with Gasteiger partial charge in [-0.15, -0.1) is 0 Å². The molecule has 3 N–H and O–H groups in total. The van der Waals surface area contributed by atoms with Gasteiger partial charge in [-0.1, -0.05) is 31.2 Å². The van der Waals surface area contributed by atoms with Gasteiger partial charge in [0.15, 0.2) is 5.65 Å². The van der Waals surface area contributed by atoms with Gasteiger partial charge in [0, 0.05) is 101 Å². The molecule has 52 heavy (non-hydrogen) atoms. The van der Waals surface area contributed by atoms with Gasteiger partial charge in [0.1, 0.15) is 5.75 Å². The van der Waals surface area contributed by atoms with Crippen molar-refractivity contribution >= 4 is 28.5 Å². The van der Waals surface area contributed by atoms with Gasteiger partial charge in [-0.25, -0.2) is 9.67 Å². The summed E-state index contributed by atoms with van der Waals surface area (Å²) in [5, 5.41) is 15.3. The van der Waals surface area contributed by atoms with Gasteiger partial charge in [0.25, 0.3) is 0 Å². The zero-order valence-electron chi connectivity index (χ0n) is 31.2. The van der Waals surface area contributed by atoms with E-state index in [-0.39, 0.29) is 30.7 Å². The number of nitrogens with zero attached hydrogens (tertiary/aromatic N) is 5. The summed E-state index contributed by atoms with van der Waals surface area (Å²) in [6, 6.07) is 14.9. The summed E-state index contributed by atoms with van der Waals surface area (Å²) in [6.45, 7) is 12.2. The molecule has 2 amide bonds. The number of nitrogens with one attached hydrogen (secondary N) is 3. The first-order chi connectivity index (χ1) is 25.3. The molecule has 4 aromatic rings. The van der Waals surface area contributed by atoms with Gasteiger partial charge >= 0.3 is 0 Å². The van der Waals surface area contributed by atoms with E-state index in [9.17, 15) is 9.59 Å². The van der Waals surface area contributed by atoms with E-state index in [1.165, 1.54) is 5.56 Å². The number of benzene rings is 2. The average Bonchev–Trinajstić information content (AvgIpc) is 3.60. The van der Waals surface area contributed by atoms with E-state index in [2.05, 4.69) is 82.1 Å². The maximum Gasteiger partial charge on any atom is 0.220 e. The highest BCUT2D eigenvalue weighted by molar-refractivity contribution is 5.92. The maximum absolute atomic E-state index is 13.1. The van der Waals surface area contributed by atoms with Crippen molar-refractivity contribution in [1.29, 1.82) is 0 Å². The normalized spacial score (nSPS) is 15.8. The summed E-state index contributed by atoms with van der Waals surface area (Å²) in [7, 11) is 3.85. The number of ether oxygens (including phenoxy) is 2. The fourth-order valence-corrected chi connectivity index (χ4v) is 7.08. The second-order valence-electron chi connectivity index (χ2n) is 13.9. The summed E-state index contributed by atoms with van der Waals surface area (Å²) in [6.07, 6.45) is 4.59. The molecule has 6 rings (SSSR count). The van der Waals surface area contributed by atoms with Gasteiger partial charge in [0.05, 0.1) is 24.4 Å². The Labute approximate surface area is 307 Å². The Hall–Kier alpha value is -4.52. The van der Waals surface area contributed by atoms with E-state index in [4.69, 9.17) is 14.5 Å². The van der Waals surface area contributed by atoms with Gasteiger partial charge in [0.2, 0.25) is 11.8 Å². The number of carbonyl (C=O) groups is 2. The second kappa shape index (κ2) is 17.8. The number of piperazine rings is 1. The first kappa shape index (κ1) is 37.2. The lowest BCUT2D eigenvalue weighted by atomic mass is 9.99. The predicted octanol–water partition coefficient (Wildman–Crippen LogP) is 4.74. The summed E-state index contributed by atoms with van der Waals surface area (Å²) in [4.78, 5) is 35.8. The first-order valence-electron chi connectivity index (χ1n) is 18.8. The fraction of sp³-hybridized carbons (Fsp3) is 0.500. The Kier molecular flexibility index (Phi) is 12.8. The highest BCUT2D eigenvalue weighted by Crippen LogP contribution is 2.33. The first-order valence-corrected chi connectivity index (χ1v) is 18.8. The van der Waals surface area contributed by atoms with Crippen molar-refractivity contribution in [3.8, 4) is 16.9 Å². The summed E-state index contributed by atoms with van der Waals surface area (Å²) < 4.78 is 13.2. The van der Waals surface area contributed by atoms with E-state index in [1.54, 1.807) is 7.11 Å². The molecule has 0 atom stereocenters. The number of rotatable bonds is 15. The fourth-order valence-electron chi connectivity index (χ4n) is 7.08. The number of likely N-dealkylation sites (N-methyl/N-ethyl adjacent to an activating group) is 1. The van der Waals surface area contributed by atoms with Crippen LogP contribution in [0.3, 0.4) is 0 Å². The van der Waals surface area contributed by atoms with Crippen LogP contribution in [0.4, 0.5) is 5.69 Å². The molecule has 0 radical (unpaired) electrons. The molecule has 0 unspecified atom stereocenters. The van der Waals surface area contributed by atoms with Crippen molar-refractivity contribution in [3.63, 3.8) is 0 Å². The third-order valence-corrected chi connectivity index (χ3v) is 10.2. The molecule has 2 aliphatic rings. The van der Waals surface area contributed by atoms with Crippen molar-refractivity contribution in [3.05, 3.63) is 71.0 Å². The molecule has 0 saturated carbocycles. The van der Waals surface area contributed by atoms with Gasteiger partial charge in [-0.05, 0) is 68.1 Å². The molecule has 12 heteroatoms. The van der Waals surface area contributed by atoms with Crippen LogP contribution >= 0.6 is 0 Å². The van der Waals surface area contributed by atoms with Crippen molar-refractivity contribution in [2.45, 2.75) is 78.2 Å².